The van der Waals surface area contributed by atoms with E-state index in [4.69, 9.17) is 16.3 Å². The Morgan fingerprint density at radius 2 is 2.20 bits per heavy atom. The summed E-state index contributed by atoms with van der Waals surface area (Å²) >= 11 is 5.82. The molecule has 0 atom stereocenters. The van der Waals surface area contributed by atoms with Crippen LogP contribution in [0.2, 0.25) is 5.02 Å². The molecule has 1 heterocycles. The fourth-order valence-electron chi connectivity index (χ4n) is 1.39. The van der Waals surface area contributed by atoms with Crippen molar-refractivity contribution in [2.24, 2.45) is 4.36 Å². The average Bonchev–Trinajstić information content (AvgIpc) is 2.18. The maximum Gasteiger partial charge on any atom is 0.146 e. The van der Waals surface area contributed by atoms with E-state index >= 15 is 0 Å². The van der Waals surface area contributed by atoms with Gasteiger partial charge in [0, 0.05) is 22.6 Å². The molecule has 15 heavy (non-hydrogen) atoms. The molecule has 1 aliphatic rings. The molecule has 5 heteroatoms. The van der Waals surface area contributed by atoms with Crippen molar-refractivity contribution in [2.45, 2.75) is 6.42 Å². The third kappa shape index (κ3) is 2.26. The molecule has 0 radical (unpaired) electrons. The van der Waals surface area contributed by atoms with Crippen LogP contribution in [0.1, 0.15) is 6.42 Å². The topological polar surface area (TPSA) is 38.7 Å². The zero-order chi connectivity index (χ0) is 10.9. The minimum absolute atomic E-state index is 0.581. The van der Waals surface area contributed by atoms with Crippen LogP contribution in [0.3, 0.4) is 0 Å². The Morgan fingerprint density at radius 3 is 2.73 bits per heavy atom. The Labute approximate surface area is 94.6 Å². The maximum atomic E-state index is 11.9. The highest BCUT2D eigenvalue weighted by molar-refractivity contribution is 7.95. The molecule has 1 aromatic rings. The maximum absolute atomic E-state index is 11.9. The van der Waals surface area contributed by atoms with Gasteiger partial charge in [-0.25, -0.2) is 4.21 Å². The second kappa shape index (κ2) is 4.02. The standard InChI is InChI=1S/C10H12ClNO2S/c1-14-10-7-8(11)3-4-9(10)12-15(13)5-2-6-15/h3-4,7H,2,5-6H2,1H3. The molecule has 1 saturated heterocycles. The highest BCUT2D eigenvalue weighted by Crippen LogP contribution is 2.32. The molecule has 2 rings (SSSR count). The summed E-state index contributed by atoms with van der Waals surface area (Å²) in [6.45, 7) is 0. The molecular formula is C10H12ClNO2S. The molecule has 0 aliphatic carbocycles. The molecule has 0 N–H and O–H groups in total. The molecule has 1 aliphatic heterocycles. The van der Waals surface area contributed by atoms with Gasteiger partial charge in [-0.3, -0.25) is 0 Å². The summed E-state index contributed by atoms with van der Waals surface area (Å²) in [7, 11) is -0.432. The summed E-state index contributed by atoms with van der Waals surface area (Å²) in [5.41, 5.74) is 0.631. The van der Waals surface area contributed by atoms with Gasteiger partial charge in [0.15, 0.2) is 0 Å². The molecular weight excluding hydrogens is 234 g/mol. The SMILES string of the molecule is COc1cc(Cl)ccc1N=S1(=O)CCC1. The van der Waals surface area contributed by atoms with Crippen molar-refractivity contribution in [3.8, 4) is 5.75 Å². The highest BCUT2D eigenvalue weighted by Gasteiger charge is 2.20. The lowest BCUT2D eigenvalue weighted by Crippen LogP contribution is -2.22. The van der Waals surface area contributed by atoms with E-state index in [-0.39, 0.29) is 0 Å². The van der Waals surface area contributed by atoms with Crippen molar-refractivity contribution >= 4 is 27.0 Å². The number of rotatable bonds is 2. The predicted molar refractivity (Wildman–Crippen MR) is 62.6 cm³/mol. The van der Waals surface area contributed by atoms with E-state index in [2.05, 4.69) is 4.36 Å². The minimum Gasteiger partial charge on any atom is -0.494 e. The third-order valence-corrected chi connectivity index (χ3v) is 4.95. The van der Waals surface area contributed by atoms with E-state index in [0.717, 1.165) is 6.42 Å². The van der Waals surface area contributed by atoms with Gasteiger partial charge in [-0.15, -0.1) is 0 Å². The van der Waals surface area contributed by atoms with Gasteiger partial charge < -0.3 is 4.74 Å². The third-order valence-electron chi connectivity index (χ3n) is 2.33. The minimum atomic E-state index is -1.99. The van der Waals surface area contributed by atoms with Crippen molar-refractivity contribution in [1.82, 2.24) is 0 Å². The Bertz CT molecular complexity index is 482. The summed E-state index contributed by atoms with van der Waals surface area (Å²) < 4.78 is 21.3. The van der Waals surface area contributed by atoms with Crippen LogP contribution in [0.5, 0.6) is 5.75 Å². The number of halogens is 1. The fraction of sp³-hybridized carbons (Fsp3) is 0.400. The van der Waals surface area contributed by atoms with Crippen LogP contribution in [0.25, 0.3) is 0 Å². The molecule has 82 valence electrons. The zero-order valence-corrected chi connectivity index (χ0v) is 9.98. The van der Waals surface area contributed by atoms with Crippen LogP contribution in [-0.4, -0.2) is 22.8 Å². The van der Waals surface area contributed by atoms with Gasteiger partial charge in [0.05, 0.1) is 16.8 Å². The first-order valence-corrected chi connectivity index (χ1v) is 6.92. The average molecular weight is 246 g/mol. The van der Waals surface area contributed by atoms with E-state index in [0.29, 0.717) is 28.0 Å². The van der Waals surface area contributed by atoms with Crippen LogP contribution >= 0.6 is 11.6 Å². The van der Waals surface area contributed by atoms with Crippen LogP contribution in [0.4, 0.5) is 5.69 Å². The molecule has 0 saturated carbocycles. The summed E-state index contributed by atoms with van der Waals surface area (Å²) in [6.07, 6.45) is 0.998. The summed E-state index contributed by atoms with van der Waals surface area (Å²) in [5.74, 6) is 1.97. The molecule has 3 nitrogen and oxygen atoms in total. The Kier molecular flexibility index (Phi) is 2.89. The molecule has 1 aromatic carbocycles. The number of nitrogens with zero attached hydrogens (tertiary/aromatic N) is 1. The van der Waals surface area contributed by atoms with E-state index in [1.54, 1.807) is 25.3 Å². The number of hydrogen-bond acceptors (Lipinski definition) is 3. The largest absolute Gasteiger partial charge is 0.494 e. The summed E-state index contributed by atoms with van der Waals surface area (Å²) in [5, 5.41) is 0.592. The van der Waals surface area contributed by atoms with Crippen LogP contribution < -0.4 is 4.74 Å². The molecule has 0 bridgehead atoms. The number of hydrogen-bond donors (Lipinski definition) is 0. The van der Waals surface area contributed by atoms with E-state index in [1.165, 1.54) is 0 Å². The van der Waals surface area contributed by atoms with Crippen LogP contribution in [0, 0.1) is 0 Å². The van der Waals surface area contributed by atoms with E-state index in [9.17, 15) is 4.21 Å². The van der Waals surface area contributed by atoms with Gasteiger partial charge in [-0.05, 0) is 18.6 Å². The fourth-order valence-corrected chi connectivity index (χ4v) is 3.03. The Hall–Kier alpha value is -0.740. The molecule has 0 spiro atoms. The lowest BCUT2D eigenvalue weighted by molar-refractivity contribution is 0.416. The smallest absolute Gasteiger partial charge is 0.146 e. The Balaban J connectivity index is 2.44. The van der Waals surface area contributed by atoms with Gasteiger partial charge in [0.2, 0.25) is 0 Å². The van der Waals surface area contributed by atoms with Gasteiger partial charge in [-0.2, -0.15) is 4.36 Å². The number of benzene rings is 1. The van der Waals surface area contributed by atoms with Crippen molar-refractivity contribution < 1.29 is 8.95 Å². The van der Waals surface area contributed by atoms with E-state index in [1.807, 2.05) is 0 Å². The van der Waals surface area contributed by atoms with Crippen molar-refractivity contribution in [1.29, 1.82) is 0 Å². The molecule has 1 fully saturated rings. The van der Waals surface area contributed by atoms with Crippen molar-refractivity contribution in [2.75, 3.05) is 18.6 Å². The second-order valence-electron chi connectivity index (χ2n) is 3.44. The zero-order valence-electron chi connectivity index (χ0n) is 8.40. The van der Waals surface area contributed by atoms with Crippen LogP contribution in [0.15, 0.2) is 22.6 Å². The molecule has 0 aromatic heterocycles. The summed E-state index contributed by atoms with van der Waals surface area (Å²) in [4.78, 5) is 0. The quantitative estimate of drug-likeness (QED) is 0.804. The number of ether oxygens (including phenoxy) is 1. The lowest BCUT2D eigenvalue weighted by Gasteiger charge is -2.18. The predicted octanol–water partition coefficient (Wildman–Crippen LogP) is 2.85. The van der Waals surface area contributed by atoms with Gasteiger partial charge in [0.25, 0.3) is 0 Å². The highest BCUT2D eigenvalue weighted by atomic mass is 35.5. The van der Waals surface area contributed by atoms with E-state index < -0.39 is 9.73 Å². The lowest BCUT2D eigenvalue weighted by atomic mass is 10.3. The first-order chi connectivity index (χ1) is 7.13. The first kappa shape index (κ1) is 10.8. The second-order valence-corrected chi connectivity index (χ2v) is 6.42. The van der Waals surface area contributed by atoms with Crippen molar-refractivity contribution in [3.63, 3.8) is 0 Å². The van der Waals surface area contributed by atoms with Gasteiger partial charge in [0.1, 0.15) is 11.4 Å². The van der Waals surface area contributed by atoms with Crippen molar-refractivity contribution in [3.05, 3.63) is 23.2 Å². The normalized spacial score (nSPS) is 18.0. The number of methoxy groups -OCH3 is 1. The Morgan fingerprint density at radius 1 is 1.47 bits per heavy atom. The summed E-state index contributed by atoms with van der Waals surface area (Å²) in [6, 6.07) is 5.15. The molecule has 0 unspecified atom stereocenters. The first-order valence-electron chi connectivity index (χ1n) is 4.69. The monoisotopic (exact) mass is 245 g/mol. The molecule has 0 amide bonds. The van der Waals surface area contributed by atoms with Gasteiger partial charge in [-0.1, -0.05) is 11.6 Å². The van der Waals surface area contributed by atoms with Crippen LogP contribution in [-0.2, 0) is 9.73 Å². The van der Waals surface area contributed by atoms with Gasteiger partial charge >= 0.3 is 0 Å².